The van der Waals surface area contributed by atoms with Crippen LogP contribution in [0.25, 0.3) is 66.1 Å². The van der Waals surface area contributed by atoms with Gasteiger partial charge in [-0.3, -0.25) is 0 Å². The highest BCUT2D eigenvalue weighted by Crippen LogP contribution is 2.55. The van der Waals surface area contributed by atoms with Gasteiger partial charge in [0.1, 0.15) is 11.2 Å². The third kappa shape index (κ3) is 4.50. The first kappa shape index (κ1) is 14.8. The Kier molecular flexibility index (Phi) is 3.30. The second-order valence-corrected chi connectivity index (χ2v) is 12.0. The molecule has 8 aromatic carbocycles. The van der Waals surface area contributed by atoms with Crippen LogP contribution in [0.4, 0.5) is 17.1 Å². The van der Waals surface area contributed by atoms with Crippen LogP contribution in [0.2, 0.25) is 0 Å². The fourth-order valence-electron chi connectivity index (χ4n) is 6.96. The standard InChI is InChI=1S/C49H35NO/c1-49(2)41-23-12-11-21-38(41)39-22-13-25-43(47(39)49)50(36-29-27-33(28-30-36)32-15-5-3-6-16-32)42-24-14-26-44-46(42)45-37-20-10-9-19-35(37)31-40(48(45)51-44)34-17-7-4-8-18-34/h3-31H,1-2H3/i1D3,2D3,3D,5D,6D,11D,12D,13D,15D,16D,21D,22D,23D,25D,27D,28D,29D,30D. The van der Waals surface area contributed by atoms with Crippen molar-refractivity contribution in [2.75, 3.05) is 4.90 Å². The van der Waals surface area contributed by atoms with Crippen molar-refractivity contribution >= 4 is 49.8 Å². The van der Waals surface area contributed by atoms with Crippen LogP contribution in [-0.4, -0.2) is 0 Å². The Hall–Kier alpha value is -6.38. The van der Waals surface area contributed by atoms with Crippen molar-refractivity contribution in [1.82, 2.24) is 0 Å². The lowest BCUT2D eigenvalue weighted by atomic mass is 9.81. The molecule has 0 amide bonds. The molecule has 1 aliphatic rings. The van der Waals surface area contributed by atoms with Crippen LogP contribution in [0.15, 0.2) is 180 Å². The Morgan fingerprint density at radius 2 is 1.31 bits per heavy atom. The molecule has 0 bridgehead atoms. The molecule has 1 aromatic heterocycles. The smallest absolute Gasteiger partial charge is 0.143 e. The summed E-state index contributed by atoms with van der Waals surface area (Å²) in [6.45, 7) is -7.73. The maximum atomic E-state index is 9.85. The topological polar surface area (TPSA) is 16.4 Å². The molecular formula is C49H35NO. The van der Waals surface area contributed by atoms with Gasteiger partial charge in [0, 0.05) is 30.3 Å². The lowest BCUT2D eigenvalue weighted by molar-refractivity contribution is 0.661. The second kappa shape index (κ2) is 11.3. The molecule has 0 spiro atoms. The van der Waals surface area contributed by atoms with Crippen LogP contribution >= 0.6 is 0 Å². The molecule has 0 saturated carbocycles. The second-order valence-electron chi connectivity index (χ2n) is 12.0. The highest BCUT2D eigenvalue weighted by atomic mass is 16.3. The summed E-state index contributed by atoms with van der Waals surface area (Å²) in [7, 11) is 0. The first-order chi connectivity index (χ1) is 34.2. The number of hydrogen-bond donors (Lipinski definition) is 0. The van der Waals surface area contributed by atoms with E-state index in [9.17, 15) is 19.2 Å². The minimum atomic E-state index is -3.87. The van der Waals surface area contributed by atoms with E-state index in [1.165, 1.54) is 12.1 Å². The monoisotopic (exact) mass is 675 g/mol. The van der Waals surface area contributed by atoms with E-state index in [1.807, 2.05) is 42.5 Å². The lowest BCUT2D eigenvalue weighted by Crippen LogP contribution is -2.20. The van der Waals surface area contributed by atoms with Crippen molar-refractivity contribution in [3.63, 3.8) is 0 Å². The maximum Gasteiger partial charge on any atom is 0.143 e. The molecule has 0 atom stereocenters. The minimum absolute atomic E-state index is 0.0872. The first-order valence-electron chi connectivity index (χ1n) is 26.9. The van der Waals surface area contributed by atoms with Crippen LogP contribution < -0.4 is 4.90 Å². The van der Waals surface area contributed by atoms with Crippen molar-refractivity contribution in [1.29, 1.82) is 0 Å². The average Bonchev–Trinajstić information content (AvgIpc) is 3.92. The number of fused-ring (bicyclic) bond motifs is 8. The number of nitrogens with zero attached hydrogens (tertiary/aromatic N) is 1. The number of rotatable bonds is 5. The van der Waals surface area contributed by atoms with Gasteiger partial charge in [-0.1, -0.05) is 153 Å². The number of hydrogen-bond acceptors (Lipinski definition) is 2. The highest BCUT2D eigenvalue weighted by molar-refractivity contribution is 6.26. The zero-order valence-corrected chi connectivity index (χ0v) is 26.4. The van der Waals surface area contributed by atoms with E-state index < -0.39 is 161 Å². The molecule has 2 heteroatoms. The third-order valence-corrected chi connectivity index (χ3v) is 9.15. The van der Waals surface area contributed by atoms with Crippen molar-refractivity contribution in [3.05, 3.63) is 187 Å². The molecule has 9 aromatic rings. The summed E-state index contributed by atoms with van der Waals surface area (Å²) < 4.78 is 207. The molecule has 0 radical (unpaired) electrons. The summed E-state index contributed by atoms with van der Waals surface area (Å²) in [5.74, 6) is 0. The Balaban J connectivity index is 1.49. The molecule has 0 unspecified atom stereocenters. The molecule has 51 heavy (non-hydrogen) atoms. The predicted molar refractivity (Wildman–Crippen MR) is 214 cm³/mol. The van der Waals surface area contributed by atoms with E-state index in [4.69, 9.17) is 15.4 Å². The normalized spacial score (nSPS) is 19.7. The summed E-state index contributed by atoms with van der Waals surface area (Å²) in [6.07, 6.45) is 0. The molecule has 1 heterocycles. The fraction of sp³-hybridized carbons (Fsp3) is 0.0612. The van der Waals surface area contributed by atoms with E-state index in [0.717, 1.165) is 4.90 Å². The summed E-state index contributed by atoms with van der Waals surface area (Å²) >= 11 is 0. The van der Waals surface area contributed by atoms with Crippen LogP contribution in [0.5, 0.6) is 0 Å². The van der Waals surface area contributed by atoms with Crippen LogP contribution in [-0.2, 0) is 5.41 Å². The minimum Gasteiger partial charge on any atom is -0.455 e. The zero-order valence-electron chi connectivity index (χ0n) is 48.4. The van der Waals surface area contributed by atoms with Gasteiger partial charge < -0.3 is 9.32 Å². The molecule has 0 fully saturated rings. The van der Waals surface area contributed by atoms with E-state index in [2.05, 4.69) is 0 Å². The van der Waals surface area contributed by atoms with Gasteiger partial charge in [0.25, 0.3) is 0 Å². The molecule has 2 nitrogen and oxygen atoms in total. The van der Waals surface area contributed by atoms with Gasteiger partial charge in [-0.15, -0.1) is 0 Å². The lowest BCUT2D eigenvalue weighted by Gasteiger charge is -2.32. The summed E-state index contributed by atoms with van der Waals surface area (Å²) in [4.78, 5) is 0.862. The van der Waals surface area contributed by atoms with Crippen LogP contribution in [0.1, 0.15) is 55.0 Å². The number of anilines is 3. The Morgan fingerprint density at radius 3 is 2.16 bits per heavy atom. The molecular weight excluding hydrogens is 619 g/mol. The maximum absolute atomic E-state index is 9.85. The van der Waals surface area contributed by atoms with Crippen molar-refractivity contribution < 1.29 is 34.6 Å². The van der Waals surface area contributed by atoms with Crippen molar-refractivity contribution in [2.24, 2.45) is 0 Å². The van der Waals surface area contributed by atoms with Gasteiger partial charge >= 0.3 is 0 Å². The average molecular weight is 676 g/mol. The van der Waals surface area contributed by atoms with Gasteiger partial charge in [-0.05, 0) is 86.0 Å². The summed E-state index contributed by atoms with van der Waals surface area (Å²) in [5.41, 5.74) is -8.91. The van der Waals surface area contributed by atoms with Gasteiger partial charge in [0.2, 0.25) is 0 Å². The molecule has 0 aliphatic heterocycles. The quantitative estimate of drug-likeness (QED) is 0.180. The third-order valence-electron chi connectivity index (χ3n) is 9.15. The highest BCUT2D eigenvalue weighted by Gasteiger charge is 2.39. The zero-order chi connectivity index (χ0) is 53.0. The fourth-order valence-corrected chi connectivity index (χ4v) is 6.96. The van der Waals surface area contributed by atoms with E-state index in [1.54, 1.807) is 24.3 Å². The Bertz CT molecular complexity index is 3840. The molecule has 10 rings (SSSR count). The Labute approximate surface area is 328 Å². The van der Waals surface area contributed by atoms with Crippen LogP contribution in [0, 0.1) is 0 Å². The van der Waals surface area contributed by atoms with Gasteiger partial charge in [-0.2, -0.15) is 0 Å². The molecule has 0 saturated heterocycles. The number of furan rings is 1. The van der Waals surface area contributed by atoms with Gasteiger partial charge in [-0.25, -0.2) is 0 Å². The Morgan fingerprint density at radius 1 is 0.569 bits per heavy atom. The first-order valence-corrected chi connectivity index (χ1v) is 15.9. The van der Waals surface area contributed by atoms with E-state index >= 15 is 0 Å². The summed E-state index contributed by atoms with van der Waals surface area (Å²) in [5, 5.41) is 1.68. The number of benzene rings is 8. The largest absolute Gasteiger partial charge is 0.455 e. The van der Waals surface area contributed by atoms with Crippen LogP contribution in [0.3, 0.4) is 0 Å². The van der Waals surface area contributed by atoms with E-state index in [0.29, 0.717) is 27.3 Å². The van der Waals surface area contributed by atoms with Gasteiger partial charge in [0.05, 0.1) is 38.7 Å². The van der Waals surface area contributed by atoms with E-state index in [-0.39, 0.29) is 22.2 Å². The molecule has 242 valence electrons. The molecule has 0 N–H and O–H groups in total. The summed E-state index contributed by atoms with van der Waals surface area (Å²) in [6, 6.07) is 7.01. The SMILES string of the molecule is [2H]c1c([2H])c([2H])c(-c2c([2H])c([2H])c(N(c3c([2H])c([2H])c([2H])c4c3C(C([2H])([2H])[2H])(C([2H])([2H])[2H])c3c([2H])c([2H])c([2H])c([2H])c3-4)c3cccc4oc5c(-c6ccccc6)cc6ccccc6c5c34)c([2H])c2[2H])c([2H])c1[2H]. The predicted octanol–water partition coefficient (Wildman–Crippen LogP) is 13.8. The van der Waals surface area contributed by atoms with Crippen molar-refractivity contribution in [3.8, 4) is 33.4 Å². The molecule has 1 aliphatic carbocycles. The van der Waals surface area contributed by atoms with Gasteiger partial charge in [0.15, 0.2) is 0 Å². The van der Waals surface area contributed by atoms with Crippen molar-refractivity contribution in [2.45, 2.75) is 19.1 Å².